The van der Waals surface area contributed by atoms with Gasteiger partial charge in [0.1, 0.15) is 0 Å². The number of ether oxygens (including phenoxy) is 1. The Bertz CT molecular complexity index is 349. The van der Waals surface area contributed by atoms with Crippen LogP contribution < -0.4 is 0 Å². The first-order valence-electron chi connectivity index (χ1n) is 7.02. The summed E-state index contributed by atoms with van der Waals surface area (Å²) in [6.45, 7) is 7.44. The van der Waals surface area contributed by atoms with Crippen molar-refractivity contribution in [3.8, 4) is 0 Å². The highest BCUT2D eigenvalue weighted by atomic mass is 16.5. The first kappa shape index (κ1) is 13.6. The summed E-state index contributed by atoms with van der Waals surface area (Å²) in [7, 11) is 2.21. The van der Waals surface area contributed by atoms with Gasteiger partial charge in [0.25, 0.3) is 0 Å². The number of rotatable bonds is 4. The Labute approximate surface area is 111 Å². The molecule has 100 valence electrons. The molecule has 0 aromatic heterocycles. The molecule has 0 spiro atoms. The van der Waals surface area contributed by atoms with Gasteiger partial charge in [-0.1, -0.05) is 30.3 Å². The molecule has 2 heteroatoms. The summed E-state index contributed by atoms with van der Waals surface area (Å²) >= 11 is 0. The standard InChI is InChI=1S/C16H25NO/c1-13(2)18-12-15-11-17(3)10-9-16(15)14-7-5-4-6-8-14/h4-8,13,15-16H,9-12H2,1-3H3. The quantitative estimate of drug-likeness (QED) is 0.810. The summed E-state index contributed by atoms with van der Waals surface area (Å²) in [5.74, 6) is 1.27. The van der Waals surface area contributed by atoms with Crippen molar-refractivity contribution in [3.05, 3.63) is 35.9 Å². The highest BCUT2D eigenvalue weighted by Crippen LogP contribution is 2.32. The van der Waals surface area contributed by atoms with Gasteiger partial charge in [0.05, 0.1) is 12.7 Å². The lowest BCUT2D eigenvalue weighted by Crippen LogP contribution is -2.39. The summed E-state index contributed by atoms with van der Waals surface area (Å²) in [4.78, 5) is 2.42. The van der Waals surface area contributed by atoms with Gasteiger partial charge in [0.2, 0.25) is 0 Å². The topological polar surface area (TPSA) is 12.5 Å². The van der Waals surface area contributed by atoms with Crippen LogP contribution in [0.15, 0.2) is 30.3 Å². The molecule has 0 N–H and O–H groups in total. The smallest absolute Gasteiger partial charge is 0.0519 e. The van der Waals surface area contributed by atoms with Crippen LogP contribution in [0.2, 0.25) is 0 Å². The summed E-state index contributed by atoms with van der Waals surface area (Å²) in [6.07, 6.45) is 1.57. The molecule has 1 fully saturated rings. The minimum Gasteiger partial charge on any atom is -0.378 e. The average Bonchev–Trinajstić information content (AvgIpc) is 2.37. The molecule has 0 bridgehead atoms. The monoisotopic (exact) mass is 247 g/mol. The van der Waals surface area contributed by atoms with Gasteiger partial charge in [-0.05, 0) is 45.3 Å². The molecule has 2 nitrogen and oxygen atoms in total. The largest absolute Gasteiger partial charge is 0.378 e. The van der Waals surface area contributed by atoms with Crippen LogP contribution in [0.3, 0.4) is 0 Å². The molecule has 1 aromatic rings. The second kappa shape index (κ2) is 6.35. The maximum absolute atomic E-state index is 5.85. The highest BCUT2D eigenvalue weighted by molar-refractivity contribution is 5.21. The molecule has 0 aliphatic carbocycles. The summed E-state index contributed by atoms with van der Waals surface area (Å²) in [6, 6.07) is 10.9. The molecule has 1 aliphatic rings. The number of piperidine rings is 1. The van der Waals surface area contributed by atoms with E-state index in [2.05, 4.69) is 56.1 Å². The maximum atomic E-state index is 5.85. The molecule has 0 amide bonds. The van der Waals surface area contributed by atoms with Crippen molar-refractivity contribution in [1.82, 2.24) is 4.90 Å². The van der Waals surface area contributed by atoms with E-state index in [1.54, 1.807) is 0 Å². The lowest BCUT2D eigenvalue weighted by atomic mass is 9.81. The van der Waals surface area contributed by atoms with Gasteiger partial charge in [-0.15, -0.1) is 0 Å². The fraction of sp³-hybridized carbons (Fsp3) is 0.625. The Balaban J connectivity index is 2.06. The van der Waals surface area contributed by atoms with Crippen LogP contribution in [0.25, 0.3) is 0 Å². The molecule has 0 saturated carbocycles. The lowest BCUT2D eigenvalue weighted by Gasteiger charge is -2.37. The van der Waals surface area contributed by atoms with Gasteiger partial charge in [-0.3, -0.25) is 0 Å². The third-order valence-corrected chi connectivity index (χ3v) is 3.81. The molecule has 2 atom stereocenters. The van der Waals surface area contributed by atoms with Crippen molar-refractivity contribution >= 4 is 0 Å². The van der Waals surface area contributed by atoms with E-state index in [0.29, 0.717) is 17.9 Å². The number of hydrogen-bond donors (Lipinski definition) is 0. The van der Waals surface area contributed by atoms with Crippen LogP contribution in [-0.2, 0) is 4.74 Å². The van der Waals surface area contributed by atoms with Crippen LogP contribution >= 0.6 is 0 Å². The number of hydrogen-bond acceptors (Lipinski definition) is 2. The zero-order valence-corrected chi connectivity index (χ0v) is 11.8. The molecular weight excluding hydrogens is 222 g/mol. The molecular formula is C16H25NO. The van der Waals surface area contributed by atoms with Crippen LogP contribution in [0, 0.1) is 5.92 Å². The van der Waals surface area contributed by atoms with E-state index in [4.69, 9.17) is 4.74 Å². The van der Waals surface area contributed by atoms with E-state index >= 15 is 0 Å². The van der Waals surface area contributed by atoms with Crippen molar-refractivity contribution in [1.29, 1.82) is 0 Å². The van der Waals surface area contributed by atoms with Crippen molar-refractivity contribution < 1.29 is 4.74 Å². The second-order valence-electron chi connectivity index (χ2n) is 5.71. The van der Waals surface area contributed by atoms with E-state index in [0.717, 1.165) is 13.2 Å². The van der Waals surface area contributed by atoms with E-state index in [-0.39, 0.29) is 0 Å². The van der Waals surface area contributed by atoms with Crippen LogP contribution in [-0.4, -0.2) is 37.7 Å². The first-order chi connectivity index (χ1) is 8.66. The van der Waals surface area contributed by atoms with Crippen LogP contribution in [0.1, 0.15) is 31.7 Å². The summed E-state index contributed by atoms with van der Waals surface area (Å²) < 4.78 is 5.85. The summed E-state index contributed by atoms with van der Waals surface area (Å²) in [5.41, 5.74) is 1.47. The number of likely N-dealkylation sites (tertiary alicyclic amines) is 1. The van der Waals surface area contributed by atoms with E-state index < -0.39 is 0 Å². The Hall–Kier alpha value is -0.860. The molecule has 1 aromatic carbocycles. The first-order valence-corrected chi connectivity index (χ1v) is 7.02. The highest BCUT2D eigenvalue weighted by Gasteiger charge is 2.29. The van der Waals surface area contributed by atoms with Gasteiger partial charge in [-0.25, -0.2) is 0 Å². The molecule has 2 unspecified atom stereocenters. The minimum atomic E-state index is 0.327. The Morgan fingerprint density at radius 3 is 2.67 bits per heavy atom. The molecule has 1 saturated heterocycles. The fourth-order valence-electron chi connectivity index (χ4n) is 2.84. The van der Waals surface area contributed by atoms with Crippen LogP contribution in [0.5, 0.6) is 0 Å². The van der Waals surface area contributed by atoms with Gasteiger partial charge in [-0.2, -0.15) is 0 Å². The van der Waals surface area contributed by atoms with Gasteiger partial charge < -0.3 is 9.64 Å². The van der Waals surface area contributed by atoms with Crippen molar-refractivity contribution in [2.24, 2.45) is 5.92 Å². The Morgan fingerprint density at radius 2 is 2.00 bits per heavy atom. The second-order valence-corrected chi connectivity index (χ2v) is 5.71. The summed E-state index contributed by atoms with van der Waals surface area (Å²) in [5, 5.41) is 0. The predicted molar refractivity (Wildman–Crippen MR) is 75.9 cm³/mol. The lowest BCUT2D eigenvalue weighted by molar-refractivity contribution is 0.0220. The van der Waals surface area contributed by atoms with Crippen molar-refractivity contribution in [2.75, 3.05) is 26.7 Å². The number of nitrogens with zero attached hydrogens (tertiary/aromatic N) is 1. The zero-order valence-electron chi connectivity index (χ0n) is 11.8. The Kier molecular flexibility index (Phi) is 4.79. The SMILES string of the molecule is CC(C)OCC1CN(C)CCC1c1ccccc1. The van der Waals surface area contributed by atoms with E-state index in [1.807, 2.05) is 0 Å². The van der Waals surface area contributed by atoms with Crippen LogP contribution in [0.4, 0.5) is 0 Å². The van der Waals surface area contributed by atoms with E-state index in [1.165, 1.54) is 18.5 Å². The van der Waals surface area contributed by atoms with Crippen molar-refractivity contribution in [2.45, 2.75) is 32.3 Å². The molecule has 0 radical (unpaired) electrons. The third kappa shape index (κ3) is 3.56. The van der Waals surface area contributed by atoms with Gasteiger partial charge >= 0.3 is 0 Å². The van der Waals surface area contributed by atoms with Gasteiger partial charge in [0.15, 0.2) is 0 Å². The van der Waals surface area contributed by atoms with E-state index in [9.17, 15) is 0 Å². The van der Waals surface area contributed by atoms with Gasteiger partial charge in [0, 0.05) is 12.5 Å². The maximum Gasteiger partial charge on any atom is 0.0519 e. The molecule has 18 heavy (non-hydrogen) atoms. The van der Waals surface area contributed by atoms with Crippen molar-refractivity contribution in [3.63, 3.8) is 0 Å². The predicted octanol–water partition coefficient (Wildman–Crippen LogP) is 3.15. The molecule has 1 heterocycles. The zero-order chi connectivity index (χ0) is 13.0. The Morgan fingerprint density at radius 1 is 1.28 bits per heavy atom. The average molecular weight is 247 g/mol. The normalized spacial score (nSPS) is 25.6. The fourth-order valence-corrected chi connectivity index (χ4v) is 2.84. The molecule has 2 rings (SSSR count). The number of benzene rings is 1. The minimum absolute atomic E-state index is 0.327. The third-order valence-electron chi connectivity index (χ3n) is 3.81. The molecule has 1 aliphatic heterocycles.